The number of carboxylic acids is 1. The Morgan fingerprint density at radius 2 is 1.91 bits per heavy atom. The minimum atomic E-state index is -4.75. The molecule has 17 heteroatoms. The van der Waals surface area contributed by atoms with Gasteiger partial charge in [-0.05, 0) is 49.6 Å². The molecule has 2 N–H and O–H groups in total. The van der Waals surface area contributed by atoms with E-state index in [1.807, 2.05) is 19.2 Å². The van der Waals surface area contributed by atoms with Crippen LogP contribution in [0.5, 0.6) is 0 Å². The van der Waals surface area contributed by atoms with Crippen LogP contribution >= 0.6 is 23.7 Å². The van der Waals surface area contributed by atoms with Crippen molar-refractivity contribution in [2.45, 2.75) is 41.1 Å². The molecule has 0 bridgehead atoms. The van der Waals surface area contributed by atoms with E-state index >= 15 is 0 Å². The average molecular weight is 679 g/mol. The van der Waals surface area contributed by atoms with E-state index in [1.54, 1.807) is 17.0 Å². The van der Waals surface area contributed by atoms with Crippen molar-refractivity contribution < 1.29 is 45.5 Å². The monoisotopic (exact) mass is 678 g/mol. The van der Waals surface area contributed by atoms with Gasteiger partial charge in [0.1, 0.15) is 15.4 Å². The molecule has 1 aliphatic carbocycles. The molecule has 3 heterocycles. The number of likely N-dealkylation sites (N-methyl/N-ethyl adjacent to an activating group) is 1. The van der Waals surface area contributed by atoms with Gasteiger partial charge in [0.25, 0.3) is 10.0 Å². The van der Waals surface area contributed by atoms with E-state index in [2.05, 4.69) is 19.3 Å². The molecule has 2 aromatic heterocycles. The number of piperazine rings is 1. The van der Waals surface area contributed by atoms with E-state index < -0.39 is 39.4 Å². The first-order chi connectivity index (χ1) is 20.3. The first kappa shape index (κ1) is 33.7. The molecule has 240 valence electrons. The number of sulfonamides is 1. The number of rotatable bonds is 10. The number of thiophene rings is 1. The van der Waals surface area contributed by atoms with Gasteiger partial charge in [-0.25, -0.2) is 13.2 Å². The molecule has 1 aromatic carbocycles. The molecule has 2 aliphatic rings. The molecule has 11 nitrogen and oxygen atoms in total. The topological polar surface area (TPSA) is 142 Å². The highest BCUT2D eigenvalue weighted by molar-refractivity contribution is 7.91. The Morgan fingerprint density at radius 1 is 1.18 bits per heavy atom. The summed E-state index contributed by atoms with van der Waals surface area (Å²) in [6.07, 6.45) is -3.95. The van der Waals surface area contributed by atoms with Crippen molar-refractivity contribution in [3.05, 3.63) is 59.4 Å². The molecule has 0 spiro atoms. The molecule has 2 atom stereocenters. The Kier molecular flexibility index (Phi) is 9.99. The van der Waals surface area contributed by atoms with Crippen LogP contribution in [0, 0.1) is 0 Å². The standard InChI is InChI=1S/C27H29F3N4O7S2.ClH/c1-33-9-11-34(12-10-33)25(37)40-13-3-5-17-4-2-6-18(14-17)19-16-26(19,24(35)36)32-43(38,39)23-8-7-21(42-23)20-15-22(41-31-20)27(28,29)30;/h2,4,6-8,14-15,19,32H,3,5,9-13,16H2,1H3,(H,35,36);1H. The summed E-state index contributed by atoms with van der Waals surface area (Å²) in [4.78, 5) is 28.5. The number of aromatic nitrogens is 1. The number of aliphatic carboxylic acids is 1. The van der Waals surface area contributed by atoms with Crippen LogP contribution in [0.2, 0.25) is 0 Å². The second kappa shape index (κ2) is 13.0. The summed E-state index contributed by atoms with van der Waals surface area (Å²) in [7, 11) is -2.35. The Hall–Kier alpha value is -3.18. The summed E-state index contributed by atoms with van der Waals surface area (Å²) in [6.45, 7) is 3.05. The van der Waals surface area contributed by atoms with E-state index in [1.165, 1.54) is 12.1 Å². The van der Waals surface area contributed by atoms with Gasteiger partial charge in [0.05, 0.1) is 11.5 Å². The van der Waals surface area contributed by atoms with E-state index in [-0.39, 0.29) is 46.3 Å². The van der Waals surface area contributed by atoms with Crippen LogP contribution in [-0.4, -0.2) is 85.9 Å². The first-order valence-electron chi connectivity index (χ1n) is 13.4. The fraction of sp³-hybridized carbons (Fsp3) is 0.444. The molecule has 3 aromatic rings. The maximum Gasteiger partial charge on any atom is 0.452 e. The van der Waals surface area contributed by atoms with Crippen LogP contribution in [0.1, 0.15) is 35.6 Å². The fourth-order valence-electron chi connectivity index (χ4n) is 4.96. The van der Waals surface area contributed by atoms with Crippen LogP contribution in [0.25, 0.3) is 10.6 Å². The summed E-state index contributed by atoms with van der Waals surface area (Å²) in [5.74, 6) is -3.30. The van der Waals surface area contributed by atoms with Crippen LogP contribution in [0.3, 0.4) is 0 Å². The van der Waals surface area contributed by atoms with Gasteiger partial charge in [-0.2, -0.15) is 17.9 Å². The second-order valence-corrected chi connectivity index (χ2v) is 13.6. The first-order valence-corrected chi connectivity index (χ1v) is 15.7. The highest BCUT2D eigenvalue weighted by Crippen LogP contribution is 2.53. The third-order valence-corrected chi connectivity index (χ3v) is 10.6. The molecule has 1 aliphatic heterocycles. The van der Waals surface area contributed by atoms with Crippen LogP contribution in [0.4, 0.5) is 18.0 Å². The minimum Gasteiger partial charge on any atom is -0.480 e. The SMILES string of the molecule is CN1CCN(C(=O)OCCCc2cccc(C3CC3(NS(=O)(=O)c3ccc(-c4cc(C(F)(F)F)on4)s3)C(=O)O)c2)CC1.Cl. The third-order valence-electron chi connectivity index (χ3n) is 7.50. The van der Waals surface area contributed by atoms with E-state index in [4.69, 9.17) is 4.74 Å². The van der Waals surface area contributed by atoms with Crippen LogP contribution < -0.4 is 4.72 Å². The molecule has 1 amide bonds. The molecule has 2 unspecified atom stereocenters. The van der Waals surface area contributed by atoms with Crippen LogP contribution in [-0.2, 0) is 32.2 Å². The van der Waals surface area contributed by atoms with Gasteiger partial charge in [0, 0.05) is 38.2 Å². The zero-order chi connectivity index (χ0) is 31.0. The average Bonchev–Trinajstić information content (AvgIpc) is 3.29. The highest BCUT2D eigenvalue weighted by Gasteiger charge is 2.63. The zero-order valence-electron chi connectivity index (χ0n) is 23.4. The molecular formula is C27H30ClF3N4O7S2. The van der Waals surface area contributed by atoms with Crippen molar-refractivity contribution in [2.75, 3.05) is 39.8 Å². The number of carboxylic acid groups (broad SMARTS) is 1. The van der Waals surface area contributed by atoms with Gasteiger partial charge in [0.2, 0.25) is 5.76 Å². The number of hydrogen-bond acceptors (Lipinski definition) is 9. The lowest BCUT2D eigenvalue weighted by Crippen LogP contribution is -2.47. The lowest BCUT2D eigenvalue weighted by molar-refractivity contribution is -0.155. The van der Waals surface area contributed by atoms with E-state index in [0.29, 0.717) is 48.9 Å². The number of carbonyl (C=O) groups is 2. The summed E-state index contributed by atoms with van der Waals surface area (Å²) in [5.41, 5.74) is -0.444. The summed E-state index contributed by atoms with van der Waals surface area (Å²) < 4.78 is 76.6. The van der Waals surface area contributed by atoms with E-state index in [0.717, 1.165) is 18.7 Å². The van der Waals surface area contributed by atoms with Gasteiger partial charge >= 0.3 is 18.2 Å². The molecular weight excluding hydrogens is 649 g/mol. The maximum atomic E-state index is 13.2. The largest absolute Gasteiger partial charge is 0.480 e. The number of amides is 1. The Balaban J connectivity index is 0.00000442. The number of carbonyl (C=O) groups excluding carboxylic acids is 1. The van der Waals surface area contributed by atoms with E-state index in [9.17, 15) is 36.3 Å². The number of benzene rings is 1. The highest BCUT2D eigenvalue weighted by atomic mass is 35.5. The van der Waals surface area contributed by atoms with Gasteiger partial charge in [-0.15, -0.1) is 23.7 Å². The van der Waals surface area contributed by atoms with Crippen molar-refractivity contribution in [3.8, 4) is 10.6 Å². The van der Waals surface area contributed by atoms with Crippen molar-refractivity contribution in [1.82, 2.24) is 19.7 Å². The van der Waals surface area contributed by atoms with Gasteiger partial charge in [0.15, 0.2) is 0 Å². The number of aryl methyl sites for hydroxylation is 1. The van der Waals surface area contributed by atoms with Gasteiger partial charge < -0.3 is 24.2 Å². The molecule has 44 heavy (non-hydrogen) atoms. The number of nitrogens with zero attached hydrogens (tertiary/aromatic N) is 3. The quantitative estimate of drug-likeness (QED) is 0.298. The number of hydrogen-bond donors (Lipinski definition) is 2. The normalized spacial score (nSPS) is 20.6. The van der Waals surface area contributed by atoms with Gasteiger partial charge in [-0.1, -0.05) is 29.4 Å². The van der Waals surface area contributed by atoms with Crippen molar-refractivity contribution in [1.29, 1.82) is 0 Å². The Morgan fingerprint density at radius 3 is 2.57 bits per heavy atom. The summed E-state index contributed by atoms with van der Waals surface area (Å²) in [6, 6.07) is 10.3. The lowest BCUT2D eigenvalue weighted by atomic mass is 10.0. The molecule has 2 fully saturated rings. The summed E-state index contributed by atoms with van der Waals surface area (Å²) >= 11 is 0.645. The lowest BCUT2D eigenvalue weighted by Gasteiger charge is -2.31. The van der Waals surface area contributed by atoms with Crippen molar-refractivity contribution in [2.24, 2.45) is 0 Å². The molecule has 0 radical (unpaired) electrons. The second-order valence-electron chi connectivity index (χ2n) is 10.6. The smallest absolute Gasteiger partial charge is 0.452 e. The Bertz CT molecular complexity index is 1610. The summed E-state index contributed by atoms with van der Waals surface area (Å²) in [5, 5.41) is 13.4. The van der Waals surface area contributed by atoms with Crippen molar-refractivity contribution >= 4 is 45.8 Å². The number of ether oxygens (including phenoxy) is 1. The molecule has 1 saturated carbocycles. The minimum absolute atomic E-state index is 0. The molecule has 5 rings (SSSR count). The number of alkyl halides is 3. The molecule has 1 saturated heterocycles. The van der Waals surface area contributed by atoms with Gasteiger partial charge in [-0.3, -0.25) is 4.79 Å². The van der Waals surface area contributed by atoms with Crippen LogP contribution in [0.15, 0.2) is 51.2 Å². The number of nitrogens with one attached hydrogen (secondary N) is 1. The third kappa shape index (κ3) is 7.37. The maximum absolute atomic E-state index is 13.2. The number of halogens is 4. The van der Waals surface area contributed by atoms with Crippen molar-refractivity contribution in [3.63, 3.8) is 0 Å². The predicted octanol–water partition coefficient (Wildman–Crippen LogP) is 4.45. The fourth-order valence-corrected chi connectivity index (χ4v) is 7.62. The Labute approximate surface area is 261 Å². The zero-order valence-corrected chi connectivity index (χ0v) is 25.8. The predicted molar refractivity (Wildman–Crippen MR) is 155 cm³/mol.